The van der Waals surface area contributed by atoms with Gasteiger partial charge in [-0.25, -0.2) is 13.2 Å². The summed E-state index contributed by atoms with van der Waals surface area (Å²) in [5.74, 6) is 0.933. The normalized spacial score (nSPS) is 18.9. The highest BCUT2D eigenvalue weighted by Gasteiger charge is 2.34. The Morgan fingerprint density at radius 2 is 1.09 bits per heavy atom. The molecule has 3 aliphatic heterocycles. The van der Waals surface area contributed by atoms with Crippen LogP contribution in [-0.2, 0) is 14.4 Å². The number of aromatic nitrogens is 4. The number of benzene rings is 3. The van der Waals surface area contributed by atoms with Crippen LogP contribution in [-0.4, -0.2) is 92.0 Å². The minimum Gasteiger partial charge on any atom is -0.343 e. The average molecular weight is 796 g/mol. The van der Waals surface area contributed by atoms with Crippen molar-refractivity contribution in [3.63, 3.8) is 0 Å². The van der Waals surface area contributed by atoms with Crippen LogP contribution in [0.5, 0.6) is 0 Å². The third-order valence-corrected chi connectivity index (χ3v) is 10.8. The Morgan fingerprint density at radius 3 is 1.59 bits per heavy atom. The van der Waals surface area contributed by atoms with Gasteiger partial charge in [-0.1, -0.05) is 22.4 Å². The summed E-state index contributed by atoms with van der Waals surface area (Å²) in [6, 6.07) is 17.8. The highest BCUT2D eigenvalue weighted by atomic mass is 19.1. The molecule has 2 aromatic heterocycles. The lowest BCUT2D eigenvalue weighted by atomic mass is 9.92. The van der Waals surface area contributed by atoms with Gasteiger partial charge in [0.2, 0.25) is 41.2 Å². The first-order valence-corrected chi connectivity index (χ1v) is 19.6. The zero-order chi connectivity index (χ0) is 40.6. The third kappa shape index (κ3) is 10.1. The van der Waals surface area contributed by atoms with Crippen molar-refractivity contribution in [2.24, 2.45) is 5.92 Å². The maximum absolute atomic E-state index is 13.1. The monoisotopic (exact) mass is 795 g/mol. The van der Waals surface area contributed by atoms with Crippen molar-refractivity contribution in [2.75, 3.05) is 39.3 Å². The fraction of sp³-hybridized carbons (Fsp3) is 0.372. The number of rotatable bonds is 7. The predicted octanol–water partition coefficient (Wildman–Crippen LogP) is 7.27. The Labute approximate surface area is 333 Å². The molecule has 302 valence electrons. The summed E-state index contributed by atoms with van der Waals surface area (Å²) in [7, 11) is 0. The topological polar surface area (TPSA) is 139 Å². The number of piperidine rings is 3. The molecule has 3 aromatic carbocycles. The molecule has 2 atom stereocenters. The van der Waals surface area contributed by atoms with Crippen LogP contribution in [0.15, 0.2) is 87.9 Å². The van der Waals surface area contributed by atoms with Crippen LogP contribution in [0.3, 0.4) is 0 Å². The van der Waals surface area contributed by atoms with Crippen LogP contribution >= 0.6 is 0 Å². The predicted molar refractivity (Wildman–Crippen MR) is 207 cm³/mol. The molecular formula is C43H44F3N7O5. The van der Waals surface area contributed by atoms with E-state index in [0.29, 0.717) is 67.3 Å². The number of carbonyl (C=O) groups excluding carboxylic acids is 3. The molecule has 0 N–H and O–H groups in total. The quantitative estimate of drug-likeness (QED) is 0.156. The zero-order valence-corrected chi connectivity index (χ0v) is 32.1. The molecule has 12 nitrogen and oxygen atoms in total. The minimum atomic E-state index is -0.326. The van der Waals surface area contributed by atoms with Crippen molar-refractivity contribution in [1.29, 1.82) is 0 Å². The van der Waals surface area contributed by atoms with Crippen molar-refractivity contribution >= 4 is 23.8 Å². The molecule has 0 radical (unpaired) electrons. The van der Waals surface area contributed by atoms with Crippen LogP contribution in [0.1, 0.15) is 74.6 Å². The number of hydrogen-bond acceptors (Lipinski definition) is 9. The van der Waals surface area contributed by atoms with Gasteiger partial charge in [0, 0.05) is 69.3 Å². The van der Waals surface area contributed by atoms with Crippen LogP contribution in [0, 0.1) is 23.4 Å². The molecule has 3 saturated heterocycles. The van der Waals surface area contributed by atoms with Gasteiger partial charge in [0.25, 0.3) is 0 Å². The maximum Gasteiger partial charge on any atom is 0.246 e. The molecule has 3 aliphatic rings. The van der Waals surface area contributed by atoms with E-state index in [0.717, 1.165) is 50.6 Å². The first kappa shape index (κ1) is 40.1. The summed E-state index contributed by atoms with van der Waals surface area (Å²) >= 11 is 0. The van der Waals surface area contributed by atoms with Crippen LogP contribution in [0.25, 0.3) is 28.9 Å². The number of amides is 3. The summed E-state index contributed by atoms with van der Waals surface area (Å²) in [6.07, 6.45) is 8.04. The Morgan fingerprint density at radius 1 is 0.621 bits per heavy atom. The Balaban J connectivity index is 0.000000177. The second-order valence-corrected chi connectivity index (χ2v) is 14.8. The molecule has 3 fully saturated rings. The van der Waals surface area contributed by atoms with Gasteiger partial charge >= 0.3 is 0 Å². The molecule has 5 aromatic rings. The molecule has 0 bridgehead atoms. The van der Waals surface area contributed by atoms with Crippen molar-refractivity contribution in [3.05, 3.63) is 114 Å². The van der Waals surface area contributed by atoms with Crippen molar-refractivity contribution in [3.8, 4) is 22.8 Å². The van der Waals surface area contributed by atoms with E-state index in [1.807, 2.05) is 4.90 Å². The molecule has 8 rings (SSSR count). The molecule has 0 aliphatic carbocycles. The molecule has 0 spiro atoms. The van der Waals surface area contributed by atoms with Crippen molar-refractivity contribution in [1.82, 2.24) is 35.0 Å². The molecule has 58 heavy (non-hydrogen) atoms. The number of nitrogens with zero attached hydrogens (tertiary/aromatic N) is 7. The number of likely N-dealkylation sites (tertiary alicyclic amines) is 3. The molecule has 15 heteroatoms. The van der Waals surface area contributed by atoms with E-state index in [1.54, 1.807) is 59.2 Å². The zero-order valence-electron chi connectivity index (χ0n) is 32.1. The SMILES string of the molecule is CC(=O)N1CCC(C(=O)N2CCCC(c3nc(-c4ccc(F)cc4)no3)C2)CC1.O=C(C=Cc1ccc(F)cc1)N1CCCC(c2nc(-c3ccc(F)cc3)no2)C1. The van der Waals surface area contributed by atoms with Gasteiger partial charge in [0.1, 0.15) is 17.5 Å². The summed E-state index contributed by atoms with van der Waals surface area (Å²) in [4.78, 5) is 51.4. The van der Waals surface area contributed by atoms with E-state index in [2.05, 4.69) is 20.3 Å². The molecule has 3 amide bonds. The van der Waals surface area contributed by atoms with Gasteiger partial charge in [-0.2, -0.15) is 9.97 Å². The number of halogens is 3. The minimum absolute atomic E-state index is 0.00621. The lowest BCUT2D eigenvalue weighted by molar-refractivity contribution is -0.141. The van der Waals surface area contributed by atoms with Crippen LogP contribution in [0.2, 0.25) is 0 Å². The maximum atomic E-state index is 13.1. The highest BCUT2D eigenvalue weighted by Crippen LogP contribution is 2.31. The summed E-state index contributed by atoms with van der Waals surface area (Å²) in [5, 5.41) is 8.01. The fourth-order valence-corrected chi connectivity index (χ4v) is 7.54. The van der Waals surface area contributed by atoms with Gasteiger partial charge in [0.05, 0.1) is 11.8 Å². The van der Waals surface area contributed by atoms with E-state index >= 15 is 0 Å². The average Bonchev–Trinajstić information content (AvgIpc) is 3.96. The van der Waals surface area contributed by atoms with E-state index in [9.17, 15) is 27.6 Å². The molecule has 0 saturated carbocycles. The Bertz CT molecular complexity index is 2200. The first-order chi connectivity index (χ1) is 28.1. The standard InChI is InChI=1S/C22H19F2N3O2.C21H25FN4O3/c23-18-8-3-15(4-9-18)5-12-20(28)27-13-1-2-17(14-27)22-25-21(26-29-22)16-6-10-19(24)11-7-16;1-14(27)25-11-8-16(9-12-25)21(28)26-10-2-3-17(13-26)20-23-19(24-29-20)15-4-6-18(22)7-5-15/h3-12,17H,1-2,13-14H2;4-7,16-17H,2-3,8-13H2,1H3. The summed E-state index contributed by atoms with van der Waals surface area (Å²) in [6.45, 7) is 5.31. The number of hydrogen-bond donors (Lipinski definition) is 0. The Hall–Kier alpha value is -6.12. The lowest BCUT2D eigenvalue weighted by Gasteiger charge is -2.36. The first-order valence-electron chi connectivity index (χ1n) is 19.6. The van der Waals surface area contributed by atoms with E-state index < -0.39 is 0 Å². The second kappa shape index (κ2) is 18.4. The van der Waals surface area contributed by atoms with E-state index in [1.165, 1.54) is 42.5 Å². The third-order valence-electron chi connectivity index (χ3n) is 10.8. The van der Waals surface area contributed by atoms with Crippen LogP contribution in [0.4, 0.5) is 13.2 Å². The summed E-state index contributed by atoms with van der Waals surface area (Å²) < 4.78 is 50.0. The molecule has 5 heterocycles. The van der Waals surface area contributed by atoms with Gasteiger partial charge < -0.3 is 23.7 Å². The Kier molecular flexibility index (Phi) is 12.7. The second-order valence-electron chi connectivity index (χ2n) is 14.8. The summed E-state index contributed by atoms with van der Waals surface area (Å²) in [5.41, 5.74) is 2.13. The largest absolute Gasteiger partial charge is 0.343 e. The fourth-order valence-electron chi connectivity index (χ4n) is 7.54. The van der Waals surface area contributed by atoms with E-state index in [4.69, 9.17) is 9.05 Å². The van der Waals surface area contributed by atoms with Crippen molar-refractivity contribution < 1.29 is 36.6 Å². The van der Waals surface area contributed by atoms with Gasteiger partial charge in [-0.3, -0.25) is 14.4 Å². The molecule has 2 unspecified atom stereocenters. The highest BCUT2D eigenvalue weighted by molar-refractivity contribution is 5.91. The lowest BCUT2D eigenvalue weighted by Crippen LogP contribution is -2.46. The van der Waals surface area contributed by atoms with Gasteiger partial charge in [0.15, 0.2) is 0 Å². The van der Waals surface area contributed by atoms with E-state index in [-0.39, 0.29) is 52.9 Å². The smallest absolute Gasteiger partial charge is 0.246 e. The molecular weight excluding hydrogens is 752 g/mol. The van der Waals surface area contributed by atoms with Crippen molar-refractivity contribution in [2.45, 2.75) is 57.3 Å². The van der Waals surface area contributed by atoms with Crippen LogP contribution < -0.4 is 0 Å². The van der Waals surface area contributed by atoms with Gasteiger partial charge in [-0.15, -0.1) is 0 Å². The number of carbonyl (C=O) groups is 3. The van der Waals surface area contributed by atoms with Gasteiger partial charge in [-0.05, 0) is 111 Å².